The molecule has 1 aromatic carbocycles. The lowest BCUT2D eigenvalue weighted by atomic mass is 10.00. The largest absolute Gasteiger partial charge is 0.507 e. The van der Waals surface area contributed by atoms with Crippen molar-refractivity contribution in [3.05, 3.63) is 28.8 Å². The van der Waals surface area contributed by atoms with Crippen LogP contribution in [0.15, 0.2) is 17.7 Å². The second-order valence-electron chi connectivity index (χ2n) is 5.22. The van der Waals surface area contributed by atoms with Crippen molar-refractivity contribution < 1.29 is 28.8 Å². The number of phenols is 1. The second kappa shape index (κ2) is 9.17. The quantitative estimate of drug-likeness (QED) is 0.427. The summed E-state index contributed by atoms with van der Waals surface area (Å²) >= 11 is 0. The minimum absolute atomic E-state index is 0.0183. The summed E-state index contributed by atoms with van der Waals surface area (Å²) in [5.74, 6) is 0.168. The minimum Gasteiger partial charge on any atom is -0.507 e. The normalized spacial score (nSPS) is 10.3. The van der Waals surface area contributed by atoms with E-state index in [1.807, 2.05) is 19.9 Å². The van der Waals surface area contributed by atoms with Gasteiger partial charge in [-0.2, -0.15) is 0 Å². The maximum atomic E-state index is 11.9. The molecule has 0 fully saturated rings. The molecule has 128 valence electrons. The molecule has 0 aliphatic carbocycles. The molecule has 0 atom stereocenters. The molecule has 6 nitrogen and oxygen atoms in total. The molecule has 1 rings (SSSR count). The zero-order valence-corrected chi connectivity index (χ0v) is 14.3. The van der Waals surface area contributed by atoms with Crippen molar-refractivity contribution in [2.75, 3.05) is 27.8 Å². The van der Waals surface area contributed by atoms with Gasteiger partial charge in [0.05, 0.1) is 0 Å². The van der Waals surface area contributed by atoms with E-state index in [1.54, 1.807) is 6.07 Å². The van der Waals surface area contributed by atoms with Crippen LogP contribution in [0.2, 0.25) is 0 Å². The summed E-state index contributed by atoms with van der Waals surface area (Å²) in [6.45, 7) is 5.25. The van der Waals surface area contributed by atoms with Crippen LogP contribution in [0.5, 0.6) is 17.2 Å². The molecule has 0 unspecified atom stereocenters. The van der Waals surface area contributed by atoms with E-state index in [1.165, 1.54) is 21.1 Å². The minimum atomic E-state index is -0.301. The van der Waals surface area contributed by atoms with Crippen molar-refractivity contribution in [1.82, 2.24) is 0 Å². The standard InChI is InChI=1S/C17H24O6/c1-11(2)6-7-13-14(22-9-20-4)8-15(23-10-21-5)16(12(3)18)17(13)19/h6,8,19H,7,9-10H2,1-5H3. The zero-order chi connectivity index (χ0) is 17.4. The third-order valence-electron chi connectivity index (χ3n) is 3.06. The van der Waals surface area contributed by atoms with Gasteiger partial charge in [-0.3, -0.25) is 4.79 Å². The van der Waals surface area contributed by atoms with Gasteiger partial charge >= 0.3 is 0 Å². The fraction of sp³-hybridized carbons (Fsp3) is 0.471. The number of hydrogen-bond acceptors (Lipinski definition) is 6. The number of ketones is 1. The first-order chi connectivity index (χ1) is 10.9. The number of rotatable bonds is 9. The van der Waals surface area contributed by atoms with E-state index in [-0.39, 0.29) is 36.4 Å². The van der Waals surface area contributed by atoms with Gasteiger partial charge < -0.3 is 24.1 Å². The Balaban J connectivity index is 3.41. The molecular weight excluding hydrogens is 300 g/mol. The highest BCUT2D eigenvalue weighted by molar-refractivity contribution is 6.00. The van der Waals surface area contributed by atoms with Crippen LogP contribution < -0.4 is 9.47 Å². The highest BCUT2D eigenvalue weighted by atomic mass is 16.7. The smallest absolute Gasteiger partial charge is 0.188 e. The SMILES string of the molecule is COCOc1cc(OCOC)c(C(C)=O)c(O)c1CC=C(C)C. The van der Waals surface area contributed by atoms with Crippen LogP contribution in [0.4, 0.5) is 0 Å². The van der Waals surface area contributed by atoms with Crippen LogP contribution >= 0.6 is 0 Å². The zero-order valence-electron chi connectivity index (χ0n) is 14.3. The Labute approximate surface area is 136 Å². The Hall–Kier alpha value is -2.05. The number of carbonyl (C=O) groups excluding carboxylic acids is 1. The van der Waals surface area contributed by atoms with Crippen LogP contribution in [-0.2, 0) is 15.9 Å². The molecule has 23 heavy (non-hydrogen) atoms. The third kappa shape index (κ3) is 5.26. The van der Waals surface area contributed by atoms with Crippen LogP contribution in [0.3, 0.4) is 0 Å². The number of aromatic hydroxyl groups is 1. The Morgan fingerprint density at radius 1 is 1.09 bits per heavy atom. The highest BCUT2D eigenvalue weighted by Gasteiger charge is 2.22. The van der Waals surface area contributed by atoms with E-state index in [2.05, 4.69) is 0 Å². The van der Waals surface area contributed by atoms with E-state index >= 15 is 0 Å². The lowest BCUT2D eigenvalue weighted by molar-refractivity contribution is 0.0448. The number of Topliss-reactive ketones (excluding diaryl/α,β-unsaturated/α-hetero) is 1. The molecule has 1 aromatic rings. The number of carbonyl (C=O) groups is 1. The first-order valence-corrected chi connectivity index (χ1v) is 7.19. The van der Waals surface area contributed by atoms with Crippen LogP contribution in [-0.4, -0.2) is 38.7 Å². The summed E-state index contributed by atoms with van der Waals surface area (Å²) in [5, 5.41) is 10.5. The van der Waals surface area contributed by atoms with E-state index in [0.717, 1.165) is 5.57 Å². The fourth-order valence-corrected chi connectivity index (χ4v) is 1.99. The summed E-state index contributed by atoms with van der Waals surface area (Å²) in [5.41, 5.74) is 1.72. The molecule has 0 aliphatic rings. The van der Waals surface area contributed by atoms with Crippen molar-refractivity contribution >= 4 is 5.78 Å². The first kappa shape index (κ1) is 19.0. The number of phenolic OH excluding ortho intramolecular Hbond substituents is 1. The Kier molecular flexibility index (Phi) is 7.57. The second-order valence-corrected chi connectivity index (χ2v) is 5.22. The van der Waals surface area contributed by atoms with Gasteiger partial charge in [0, 0.05) is 25.8 Å². The van der Waals surface area contributed by atoms with E-state index in [4.69, 9.17) is 18.9 Å². The third-order valence-corrected chi connectivity index (χ3v) is 3.06. The molecule has 1 N–H and O–H groups in total. The van der Waals surface area contributed by atoms with Crippen molar-refractivity contribution in [2.45, 2.75) is 27.2 Å². The predicted molar refractivity (Wildman–Crippen MR) is 86.3 cm³/mol. The molecule has 6 heteroatoms. The lowest BCUT2D eigenvalue weighted by Gasteiger charge is -2.17. The van der Waals surface area contributed by atoms with Crippen LogP contribution in [0.1, 0.15) is 36.7 Å². The van der Waals surface area contributed by atoms with Gasteiger partial charge in [-0.25, -0.2) is 0 Å². The molecular formula is C17H24O6. The average molecular weight is 324 g/mol. The van der Waals surface area contributed by atoms with Gasteiger partial charge in [-0.05, 0) is 27.2 Å². The number of ether oxygens (including phenoxy) is 4. The molecule has 0 saturated heterocycles. The summed E-state index contributed by atoms with van der Waals surface area (Å²) in [4.78, 5) is 11.9. The van der Waals surface area contributed by atoms with Crippen molar-refractivity contribution in [3.8, 4) is 17.2 Å². The summed E-state index contributed by atoms with van der Waals surface area (Å²) in [6.07, 6.45) is 2.37. The highest BCUT2D eigenvalue weighted by Crippen LogP contribution is 2.39. The summed E-state index contributed by atoms with van der Waals surface area (Å²) in [7, 11) is 2.97. The molecule has 0 aliphatic heterocycles. The first-order valence-electron chi connectivity index (χ1n) is 7.19. The topological polar surface area (TPSA) is 74.2 Å². The lowest BCUT2D eigenvalue weighted by Crippen LogP contribution is -2.08. The van der Waals surface area contributed by atoms with Crippen molar-refractivity contribution in [2.24, 2.45) is 0 Å². The van der Waals surface area contributed by atoms with Gasteiger partial charge in [-0.15, -0.1) is 0 Å². The molecule has 0 bridgehead atoms. The maximum Gasteiger partial charge on any atom is 0.188 e. The van der Waals surface area contributed by atoms with Gasteiger partial charge in [0.1, 0.15) is 22.8 Å². The van der Waals surface area contributed by atoms with E-state index in [9.17, 15) is 9.90 Å². The Morgan fingerprint density at radius 2 is 1.65 bits per heavy atom. The molecule has 0 radical (unpaired) electrons. The average Bonchev–Trinajstić information content (AvgIpc) is 2.48. The van der Waals surface area contributed by atoms with E-state index < -0.39 is 0 Å². The summed E-state index contributed by atoms with van der Waals surface area (Å²) < 4.78 is 20.7. The van der Waals surface area contributed by atoms with Crippen molar-refractivity contribution in [3.63, 3.8) is 0 Å². The van der Waals surface area contributed by atoms with Crippen molar-refractivity contribution in [1.29, 1.82) is 0 Å². The van der Waals surface area contributed by atoms with Crippen LogP contribution in [0.25, 0.3) is 0 Å². The molecule has 0 aromatic heterocycles. The molecule has 0 heterocycles. The Morgan fingerprint density at radius 3 is 2.13 bits per heavy atom. The van der Waals surface area contributed by atoms with Gasteiger partial charge in [-0.1, -0.05) is 11.6 Å². The maximum absolute atomic E-state index is 11.9. The number of hydrogen-bond donors (Lipinski definition) is 1. The van der Waals surface area contributed by atoms with Crippen LogP contribution in [0, 0.1) is 0 Å². The fourth-order valence-electron chi connectivity index (χ4n) is 1.99. The number of allylic oxidation sites excluding steroid dienone is 2. The Bertz CT molecular complexity index is 573. The number of methoxy groups -OCH3 is 2. The van der Waals surface area contributed by atoms with Gasteiger partial charge in [0.25, 0.3) is 0 Å². The number of benzene rings is 1. The monoisotopic (exact) mass is 324 g/mol. The molecule has 0 amide bonds. The van der Waals surface area contributed by atoms with Gasteiger partial charge in [0.2, 0.25) is 0 Å². The van der Waals surface area contributed by atoms with Gasteiger partial charge in [0.15, 0.2) is 19.4 Å². The molecule has 0 spiro atoms. The van der Waals surface area contributed by atoms with E-state index in [0.29, 0.717) is 17.7 Å². The predicted octanol–water partition coefficient (Wildman–Crippen LogP) is 3.07. The molecule has 0 saturated carbocycles. The summed E-state index contributed by atoms with van der Waals surface area (Å²) in [6, 6.07) is 1.57.